The number of esters is 2. The second kappa shape index (κ2) is 9.79. The molecule has 1 unspecified atom stereocenters. The van der Waals surface area contributed by atoms with Crippen LogP contribution in [0.1, 0.15) is 65.6 Å². The third-order valence-electron chi connectivity index (χ3n) is 5.92. The van der Waals surface area contributed by atoms with E-state index >= 15 is 0 Å². The molecule has 6 nitrogen and oxygen atoms in total. The van der Waals surface area contributed by atoms with E-state index in [4.69, 9.17) is 13.9 Å². The van der Waals surface area contributed by atoms with E-state index in [-0.39, 0.29) is 11.6 Å². The fourth-order valence-corrected chi connectivity index (χ4v) is 4.32. The zero-order chi connectivity index (χ0) is 24.3. The molecule has 0 fully saturated rings. The van der Waals surface area contributed by atoms with Gasteiger partial charge < -0.3 is 18.9 Å². The van der Waals surface area contributed by atoms with E-state index in [9.17, 15) is 9.59 Å². The van der Waals surface area contributed by atoms with E-state index in [1.807, 2.05) is 24.3 Å². The van der Waals surface area contributed by atoms with Gasteiger partial charge in [-0.3, -0.25) is 9.59 Å². The van der Waals surface area contributed by atoms with Crippen LogP contribution in [0.5, 0.6) is 0 Å². The molecule has 0 saturated carbocycles. The second-order valence-corrected chi connectivity index (χ2v) is 15.4. The molecule has 0 amide bonds. The van der Waals surface area contributed by atoms with E-state index < -0.39 is 31.8 Å². The zero-order valence-corrected chi connectivity index (χ0v) is 22.0. The number of rotatable bonds is 8. The van der Waals surface area contributed by atoms with Gasteiger partial charge in [0.1, 0.15) is 5.60 Å². The number of aromatic amines is 1. The lowest BCUT2D eigenvalue weighted by Gasteiger charge is -2.36. The number of carbonyl (C=O) groups is 2. The van der Waals surface area contributed by atoms with Crippen molar-refractivity contribution in [1.82, 2.24) is 4.98 Å². The van der Waals surface area contributed by atoms with Crippen molar-refractivity contribution in [3.63, 3.8) is 0 Å². The van der Waals surface area contributed by atoms with Gasteiger partial charge in [0.15, 0.2) is 14.2 Å². The van der Waals surface area contributed by atoms with Gasteiger partial charge >= 0.3 is 11.9 Å². The second-order valence-electron chi connectivity index (χ2n) is 10.6. The van der Waals surface area contributed by atoms with E-state index in [1.54, 1.807) is 27.7 Å². The van der Waals surface area contributed by atoms with Gasteiger partial charge in [-0.05, 0) is 63.9 Å². The Kier molecular flexibility index (Phi) is 7.99. The lowest BCUT2D eigenvalue weighted by atomic mass is 9.98. The van der Waals surface area contributed by atoms with Crippen LogP contribution in [-0.4, -0.2) is 44.1 Å². The van der Waals surface area contributed by atoms with Gasteiger partial charge in [-0.25, -0.2) is 0 Å². The Morgan fingerprint density at radius 1 is 1.03 bits per heavy atom. The van der Waals surface area contributed by atoms with Crippen LogP contribution >= 0.6 is 0 Å². The van der Waals surface area contributed by atoms with Gasteiger partial charge in [0.05, 0.1) is 6.61 Å². The van der Waals surface area contributed by atoms with Gasteiger partial charge in [-0.15, -0.1) is 0 Å². The van der Waals surface area contributed by atoms with Crippen molar-refractivity contribution in [3.8, 4) is 0 Å². The summed E-state index contributed by atoms with van der Waals surface area (Å²) in [5.74, 6) is -2.40. The molecule has 1 heterocycles. The van der Waals surface area contributed by atoms with E-state index in [0.29, 0.717) is 18.7 Å². The summed E-state index contributed by atoms with van der Waals surface area (Å²) in [6, 6.07) is 7.80. The quantitative estimate of drug-likeness (QED) is 0.309. The summed E-state index contributed by atoms with van der Waals surface area (Å²) < 4.78 is 17.2. The van der Waals surface area contributed by atoms with Crippen molar-refractivity contribution < 1.29 is 23.5 Å². The first kappa shape index (κ1) is 26.1. The minimum Gasteiger partial charge on any atom is -0.465 e. The third-order valence-corrected chi connectivity index (χ3v) is 10.5. The van der Waals surface area contributed by atoms with Crippen molar-refractivity contribution in [2.24, 2.45) is 0 Å². The average molecular weight is 462 g/mol. The Labute approximate surface area is 193 Å². The third kappa shape index (κ3) is 6.22. The van der Waals surface area contributed by atoms with Crippen LogP contribution in [0.3, 0.4) is 0 Å². The van der Waals surface area contributed by atoms with Gasteiger partial charge in [0, 0.05) is 23.2 Å². The molecular weight excluding hydrogens is 422 g/mol. The lowest BCUT2D eigenvalue weighted by molar-refractivity contribution is -0.164. The maximum Gasteiger partial charge on any atom is 0.326 e. The van der Waals surface area contributed by atoms with Gasteiger partial charge in [-0.2, -0.15) is 0 Å². The number of hydrogen-bond donors (Lipinski definition) is 1. The molecular formula is C25H39NO5Si. The molecule has 7 heteroatoms. The number of carbonyl (C=O) groups excluding carboxylic acids is 2. The summed E-state index contributed by atoms with van der Waals surface area (Å²) in [6.45, 7) is 18.8. The molecule has 0 saturated heterocycles. The normalized spacial score (nSPS) is 13.8. The van der Waals surface area contributed by atoms with Crippen LogP contribution < -0.4 is 0 Å². The predicted molar refractivity (Wildman–Crippen MR) is 130 cm³/mol. The fraction of sp³-hybridized carbons (Fsp3) is 0.600. The summed E-state index contributed by atoms with van der Waals surface area (Å²) in [5.41, 5.74) is 1.56. The van der Waals surface area contributed by atoms with Crippen LogP contribution in [0.2, 0.25) is 18.1 Å². The molecule has 0 bridgehead atoms. The number of nitrogens with one attached hydrogen (secondary N) is 1. The standard InChI is InChI=1S/C25H39NO5Si/c1-10-29-22(27)20(23(28)31-24(2,3)4)21-18(17-13-11-12-14-19(17)26-21)15-16-30-32(8,9)25(5,6)7/h11-14,20,26H,10,15-16H2,1-9H3. The highest BCUT2D eigenvalue weighted by Gasteiger charge is 2.39. The Morgan fingerprint density at radius 3 is 2.22 bits per heavy atom. The summed E-state index contributed by atoms with van der Waals surface area (Å²) in [5, 5.41) is 1.07. The topological polar surface area (TPSA) is 77.6 Å². The summed E-state index contributed by atoms with van der Waals surface area (Å²) >= 11 is 0. The molecule has 1 aromatic carbocycles. The lowest BCUT2D eigenvalue weighted by Crippen LogP contribution is -2.41. The summed E-state index contributed by atoms with van der Waals surface area (Å²) in [7, 11) is -1.93. The van der Waals surface area contributed by atoms with Crippen LogP contribution in [0, 0.1) is 0 Å². The van der Waals surface area contributed by atoms with E-state index in [1.165, 1.54) is 0 Å². The predicted octanol–water partition coefficient (Wildman–Crippen LogP) is 5.72. The number of aromatic nitrogens is 1. The first-order valence-corrected chi connectivity index (χ1v) is 14.2. The molecule has 0 spiro atoms. The molecule has 1 aromatic heterocycles. The highest BCUT2D eigenvalue weighted by molar-refractivity contribution is 6.74. The molecule has 1 atom stereocenters. The molecule has 0 aliphatic rings. The van der Waals surface area contributed by atoms with Crippen LogP contribution in [-0.2, 0) is 29.9 Å². The Balaban J connectivity index is 2.48. The Morgan fingerprint density at radius 2 is 1.66 bits per heavy atom. The van der Waals surface area contributed by atoms with Crippen molar-refractivity contribution in [2.75, 3.05) is 13.2 Å². The molecule has 0 aliphatic carbocycles. The average Bonchev–Trinajstić information content (AvgIpc) is 2.98. The zero-order valence-electron chi connectivity index (χ0n) is 21.0. The maximum absolute atomic E-state index is 13.1. The smallest absolute Gasteiger partial charge is 0.326 e. The monoisotopic (exact) mass is 461 g/mol. The van der Waals surface area contributed by atoms with Crippen LogP contribution in [0.4, 0.5) is 0 Å². The molecule has 1 N–H and O–H groups in total. The first-order chi connectivity index (χ1) is 14.7. The molecule has 2 aromatic rings. The maximum atomic E-state index is 13.1. The molecule has 32 heavy (non-hydrogen) atoms. The van der Waals surface area contributed by atoms with Crippen molar-refractivity contribution in [3.05, 3.63) is 35.5 Å². The molecule has 178 valence electrons. The first-order valence-electron chi connectivity index (χ1n) is 11.3. The highest BCUT2D eigenvalue weighted by Crippen LogP contribution is 2.37. The van der Waals surface area contributed by atoms with Gasteiger partial charge in [0.2, 0.25) is 0 Å². The van der Waals surface area contributed by atoms with Crippen molar-refractivity contribution in [2.45, 2.75) is 84.5 Å². The fourth-order valence-electron chi connectivity index (χ4n) is 3.28. The molecule has 2 rings (SSSR count). The van der Waals surface area contributed by atoms with Crippen molar-refractivity contribution in [1.29, 1.82) is 0 Å². The Bertz CT molecular complexity index is 949. The Hall–Kier alpha value is -2.12. The number of ether oxygens (including phenoxy) is 2. The van der Waals surface area contributed by atoms with Crippen molar-refractivity contribution >= 4 is 31.2 Å². The SMILES string of the molecule is CCOC(=O)C(C(=O)OC(C)(C)C)c1[nH]c2ccccc2c1CCO[Si](C)(C)C(C)(C)C. The van der Waals surface area contributed by atoms with E-state index in [0.717, 1.165) is 16.5 Å². The van der Waals surface area contributed by atoms with E-state index in [2.05, 4.69) is 38.8 Å². The number of fused-ring (bicyclic) bond motifs is 1. The minimum absolute atomic E-state index is 0.0972. The summed E-state index contributed by atoms with van der Waals surface area (Å²) in [4.78, 5) is 29.3. The van der Waals surface area contributed by atoms with Gasteiger partial charge in [0.25, 0.3) is 0 Å². The molecule has 0 radical (unpaired) electrons. The number of para-hydroxylation sites is 1. The van der Waals surface area contributed by atoms with Crippen LogP contribution in [0.25, 0.3) is 10.9 Å². The highest BCUT2D eigenvalue weighted by atomic mass is 28.4. The molecule has 0 aliphatic heterocycles. The van der Waals surface area contributed by atoms with Crippen LogP contribution in [0.15, 0.2) is 24.3 Å². The largest absolute Gasteiger partial charge is 0.465 e. The van der Waals surface area contributed by atoms with Gasteiger partial charge in [-0.1, -0.05) is 39.0 Å². The number of hydrogen-bond acceptors (Lipinski definition) is 5. The minimum atomic E-state index is -1.93. The summed E-state index contributed by atoms with van der Waals surface area (Å²) in [6.07, 6.45) is 0.574. The number of H-pyrrole nitrogens is 1. The number of benzene rings is 1.